The molecular formula is C28H43N3O4. The quantitative estimate of drug-likeness (QED) is 0.227. The van der Waals surface area contributed by atoms with Crippen LogP contribution in [0.1, 0.15) is 90.5 Å². The Morgan fingerprint density at radius 3 is 2.17 bits per heavy atom. The number of carbonyl (C=O) groups excluding carboxylic acids is 2. The van der Waals surface area contributed by atoms with Crippen molar-refractivity contribution in [2.75, 3.05) is 0 Å². The number of hydrogen-bond acceptors (Lipinski definition) is 3. The summed E-state index contributed by atoms with van der Waals surface area (Å²) in [5, 5.41) is 16.1. The van der Waals surface area contributed by atoms with Gasteiger partial charge in [-0.3, -0.25) is 9.59 Å². The van der Waals surface area contributed by atoms with E-state index in [-0.39, 0.29) is 18.2 Å². The van der Waals surface area contributed by atoms with Gasteiger partial charge >= 0.3 is 5.97 Å². The van der Waals surface area contributed by atoms with Gasteiger partial charge in [-0.2, -0.15) is 0 Å². The summed E-state index contributed by atoms with van der Waals surface area (Å²) in [6.45, 7) is 5.91. The molecule has 0 radical (unpaired) electrons. The number of unbranched alkanes of at least 4 members (excludes halogenated alkanes) is 8. The van der Waals surface area contributed by atoms with Gasteiger partial charge in [0.15, 0.2) is 0 Å². The van der Waals surface area contributed by atoms with Crippen LogP contribution in [0, 0.1) is 5.92 Å². The van der Waals surface area contributed by atoms with Crippen LogP contribution in [0.3, 0.4) is 0 Å². The molecule has 2 atom stereocenters. The summed E-state index contributed by atoms with van der Waals surface area (Å²) in [6, 6.07) is 5.79. The molecule has 0 saturated carbocycles. The van der Waals surface area contributed by atoms with E-state index in [0.29, 0.717) is 6.42 Å². The molecule has 1 aromatic carbocycles. The molecule has 4 N–H and O–H groups in total. The van der Waals surface area contributed by atoms with E-state index in [1.165, 1.54) is 38.5 Å². The first-order valence-corrected chi connectivity index (χ1v) is 13.2. The van der Waals surface area contributed by atoms with Gasteiger partial charge in [-0.25, -0.2) is 4.79 Å². The van der Waals surface area contributed by atoms with Gasteiger partial charge in [0.05, 0.1) is 0 Å². The molecule has 0 fully saturated rings. The van der Waals surface area contributed by atoms with Crippen LogP contribution in [-0.2, 0) is 20.8 Å². The molecule has 0 aliphatic rings. The van der Waals surface area contributed by atoms with Gasteiger partial charge in [-0.1, -0.05) is 90.3 Å². The first-order chi connectivity index (χ1) is 16.8. The van der Waals surface area contributed by atoms with E-state index in [9.17, 15) is 19.5 Å². The molecule has 2 aromatic rings. The second-order valence-corrected chi connectivity index (χ2v) is 9.83. The summed E-state index contributed by atoms with van der Waals surface area (Å²) < 4.78 is 0. The zero-order valence-electron chi connectivity index (χ0n) is 21.6. The standard InChI is InChI=1S/C28H43N3O4/c1-4-5-6-7-8-9-10-11-12-17-25(32)31-26(20(2)3)27(33)30-24(28(34)35)18-21-19-29-23-16-14-13-15-22(21)23/h13-16,19-20,24,26,29H,4-12,17-18H2,1-3H3,(H,30,33)(H,31,32)(H,34,35)/t24-,26-/m0/s1. The van der Waals surface area contributed by atoms with Crippen LogP contribution in [-0.4, -0.2) is 40.0 Å². The lowest BCUT2D eigenvalue weighted by Gasteiger charge is -2.24. The van der Waals surface area contributed by atoms with Crippen molar-refractivity contribution in [3.8, 4) is 0 Å². The highest BCUT2D eigenvalue weighted by atomic mass is 16.4. The fourth-order valence-electron chi connectivity index (χ4n) is 4.36. The normalized spacial score (nSPS) is 13.0. The molecule has 194 valence electrons. The Morgan fingerprint density at radius 1 is 0.914 bits per heavy atom. The minimum atomic E-state index is -1.10. The summed E-state index contributed by atoms with van der Waals surface area (Å²) in [7, 11) is 0. The Balaban J connectivity index is 1.82. The van der Waals surface area contributed by atoms with Crippen molar-refractivity contribution < 1.29 is 19.5 Å². The number of benzene rings is 1. The Hall–Kier alpha value is -2.83. The molecule has 0 saturated heterocycles. The number of H-pyrrole nitrogens is 1. The Morgan fingerprint density at radius 2 is 1.54 bits per heavy atom. The molecule has 2 rings (SSSR count). The van der Waals surface area contributed by atoms with Crippen LogP contribution in [0.5, 0.6) is 0 Å². The first-order valence-electron chi connectivity index (χ1n) is 13.2. The molecular weight excluding hydrogens is 442 g/mol. The predicted octanol–water partition coefficient (Wildman–Crippen LogP) is 5.34. The number of para-hydroxylation sites is 1. The number of hydrogen-bond donors (Lipinski definition) is 4. The minimum Gasteiger partial charge on any atom is -0.480 e. The van der Waals surface area contributed by atoms with E-state index in [0.717, 1.165) is 35.7 Å². The molecule has 35 heavy (non-hydrogen) atoms. The highest BCUT2D eigenvalue weighted by molar-refractivity contribution is 5.91. The number of amides is 2. The monoisotopic (exact) mass is 485 g/mol. The lowest BCUT2D eigenvalue weighted by molar-refractivity contribution is -0.142. The van der Waals surface area contributed by atoms with Crippen molar-refractivity contribution in [1.82, 2.24) is 15.6 Å². The molecule has 7 heteroatoms. The van der Waals surface area contributed by atoms with Crippen LogP contribution < -0.4 is 10.6 Å². The zero-order valence-corrected chi connectivity index (χ0v) is 21.6. The number of aromatic amines is 1. The van der Waals surface area contributed by atoms with Crippen molar-refractivity contribution in [2.24, 2.45) is 5.92 Å². The second kappa shape index (κ2) is 15.2. The van der Waals surface area contributed by atoms with Gasteiger partial charge in [0, 0.05) is 29.9 Å². The van der Waals surface area contributed by atoms with E-state index in [1.807, 2.05) is 38.1 Å². The third-order valence-electron chi connectivity index (χ3n) is 6.49. The molecule has 7 nitrogen and oxygen atoms in total. The molecule has 1 heterocycles. The molecule has 0 aliphatic heterocycles. The highest BCUT2D eigenvalue weighted by Crippen LogP contribution is 2.19. The summed E-state index contributed by atoms with van der Waals surface area (Å²) >= 11 is 0. The maximum absolute atomic E-state index is 13.0. The molecule has 0 bridgehead atoms. The fourth-order valence-corrected chi connectivity index (χ4v) is 4.36. The van der Waals surface area contributed by atoms with Crippen molar-refractivity contribution in [3.05, 3.63) is 36.0 Å². The van der Waals surface area contributed by atoms with Gasteiger partial charge in [0.2, 0.25) is 11.8 Å². The molecule has 2 amide bonds. The Kier molecular flexibility index (Phi) is 12.4. The van der Waals surface area contributed by atoms with Crippen LogP contribution in [0.2, 0.25) is 0 Å². The number of aromatic nitrogens is 1. The van der Waals surface area contributed by atoms with Crippen molar-refractivity contribution >= 4 is 28.7 Å². The fraction of sp³-hybridized carbons (Fsp3) is 0.607. The molecule has 0 unspecified atom stereocenters. The van der Waals surface area contributed by atoms with Crippen molar-refractivity contribution in [3.63, 3.8) is 0 Å². The van der Waals surface area contributed by atoms with E-state index < -0.39 is 24.0 Å². The number of nitrogens with one attached hydrogen (secondary N) is 3. The first kappa shape index (κ1) is 28.4. The number of carboxylic acids is 1. The Labute approximate surface area is 209 Å². The van der Waals surface area contributed by atoms with Gasteiger partial charge in [0.25, 0.3) is 0 Å². The van der Waals surface area contributed by atoms with Gasteiger partial charge < -0.3 is 20.7 Å². The van der Waals surface area contributed by atoms with E-state index in [1.54, 1.807) is 6.20 Å². The average Bonchev–Trinajstić information content (AvgIpc) is 3.23. The highest BCUT2D eigenvalue weighted by Gasteiger charge is 2.29. The number of fused-ring (bicyclic) bond motifs is 1. The van der Waals surface area contributed by atoms with E-state index in [4.69, 9.17) is 0 Å². The second-order valence-electron chi connectivity index (χ2n) is 9.83. The lowest BCUT2D eigenvalue weighted by atomic mass is 10.0. The molecule has 0 aliphatic carbocycles. The van der Waals surface area contributed by atoms with Crippen LogP contribution in [0.25, 0.3) is 10.9 Å². The Bertz CT molecular complexity index is 937. The van der Waals surface area contributed by atoms with E-state index in [2.05, 4.69) is 22.5 Å². The number of aliphatic carboxylic acids is 1. The third kappa shape index (κ3) is 9.74. The SMILES string of the molecule is CCCCCCCCCCCC(=O)N[C@H](C(=O)N[C@@H](Cc1c[nH]c2ccccc12)C(=O)O)C(C)C. The summed E-state index contributed by atoms with van der Waals surface area (Å²) in [5.41, 5.74) is 1.74. The summed E-state index contributed by atoms with van der Waals surface area (Å²) in [6.07, 6.45) is 12.9. The van der Waals surface area contributed by atoms with Crippen molar-refractivity contribution in [1.29, 1.82) is 0 Å². The smallest absolute Gasteiger partial charge is 0.326 e. The molecule has 1 aromatic heterocycles. The van der Waals surface area contributed by atoms with Gasteiger partial charge in [-0.15, -0.1) is 0 Å². The zero-order chi connectivity index (χ0) is 25.6. The topological polar surface area (TPSA) is 111 Å². The molecule has 0 spiro atoms. The minimum absolute atomic E-state index is 0.155. The van der Waals surface area contributed by atoms with Crippen molar-refractivity contribution in [2.45, 2.75) is 103 Å². The van der Waals surface area contributed by atoms with Gasteiger partial charge in [-0.05, 0) is 24.0 Å². The number of carboxylic acid groups (broad SMARTS) is 1. The summed E-state index contributed by atoms with van der Waals surface area (Å²) in [4.78, 5) is 40.5. The number of carbonyl (C=O) groups is 3. The van der Waals surface area contributed by atoms with E-state index >= 15 is 0 Å². The average molecular weight is 486 g/mol. The number of rotatable bonds is 17. The largest absolute Gasteiger partial charge is 0.480 e. The lowest BCUT2D eigenvalue weighted by Crippen LogP contribution is -2.54. The summed E-state index contributed by atoms with van der Waals surface area (Å²) in [5.74, 6) is -1.89. The predicted molar refractivity (Wildman–Crippen MR) is 140 cm³/mol. The van der Waals surface area contributed by atoms with Crippen LogP contribution in [0.4, 0.5) is 0 Å². The van der Waals surface area contributed by atoms with Crippen LogP contribution in [0.15, 0.2) is 30.5 Å². The maximum atomic E-state index is 13.0. The maximum Gasteiger partial charge on any atom is 0.326 e. The third-order valence-corrected chi connectivity index (χ3v) is 6.49. The van der Waals surface area contributed by atoms with Crippen LogP contribution >= 0.6 is 0 Å². The van der Waals surface area contributed by atoms with Gasteiger partial charge in [0.1, 0.15) is 12.1 Å².